The van der Waals surface area contributed by atoms with E-state index in [4.69, 9.17) is 5.73 Å². The zero-order chi connectivity index (χ0) is 15.2. The van der Waals surface area contributed by atoms with Crippen molar-refractivity contribution < 1.29 is 9.59 Å². The maximum atomic E-state index is 11.6. The van der Waals surface area contributed by atoms with Gasteiger partial charge in [-0.1, -0.05) is 18.2 Å². The normalized spacial score (nSPS) is 11.9. The second-order valence-electron chi connectivity index (χ2n) is 4.54. The minimum Gasteiger partial charge on any atom is -0.351 e. The van der Waals surface area contributed by atoms with Crippen molar-refractivity contribution in [2.24, 2.45) is 5.73 Å². The molecule has 0 saturated carbocycles. The largest absolute Gasteiger partial charge is 0.351 e. The maximum absolute atomic E-state index is 11.6. The van der Waals surface area contributed by atoms with Crippen molar-refractivity contribution in [3.8, 4) is 5.69 Å². The molecule has 1 unspecified atom stereocenters. The molecule has 7 heteroatoms. The molecule has 1 aromatic heterocycles. The van der Waals surface area contributed by atoms with E-state index in [0.29, 0.717) is 6.54 Å². The van der Waals surface area contributed by atoms with E-state index in [0.717, 1.165) is 11.3 Å². The number of imide groups is 1. The van der Waals surface area contributed by atoms with Crippen LogP contribution in [0, 0.1) is 0 Å². The fraction of sp³-hybridized carbons (Fsp3) is 0.214. The number of rotatable bonds is 5. The number of benzene rings is 1. The number of urea groups is 1. The zero-order valence-electron chi connectivity index (χ0n) is 11.6. The fourth-order valence-corrected chi connectivity index (χ4v) is 1.88. The van der Waals surface area contributed by atoms with E-state index in [1.165, 1.54) is 0 Å². The van der Waals surface area contributed by atoms with Crippen LogP contribution >= 0.6 is 0 Å². The number of primary amides is 1. The predicted octanol–water partition coefficient (Wildman–Crippen LogP) is 0.545. The molecule has 2 rings (SSSR count). The van der Waals surface area contributed by atoms with E-state index in [-0.39, 0.29) is 0 Å². The number of hydrogen-bond acceptors (Lipinski definition) is 4. The molecule has 0 bridgehead atoms. The topological polar surface area (TPSA) is 102 Å². The summed E-state index contributed by atoms with van der Waals surface area (Å²) in [6.45, 7) is 2.12. The molecule has 4 N–H and O–H groups in total. The number of aromatic nitrogens is 2. The molecule has 110 valence electrons. The van der Waals surface area contributed by atoms with Crippen molar-refractivity contribution in [3.05, 3.63) is 48.3 Å². The Labute approximate surface area is 122 Å². The summed E-state index contributed by atoms with van der Waals surface area (Å²) < 4.78 is 1.76. The van der Waals surface area contributed by atoms with Gasteiger partial charge in [-0.05, 0) is 24.6 Å². The first-order valence-corrected chi connectivity index (χ1v) is 6.49. The monoisotopic (exact) mass is 287 g/mol. The summed E-state index contributed by atoms with van der Waals surface area (Å²) >= 11 is 0. The number of nitrogens with two attached hydrogens (primary N) is 1. The van der Waals surface area contributed by atoms with Crippen molar-refractivity contribution in [1.29, 1.82) is 0 Å². The molecule has 0 aliphatic carbocycles. The Morgan fingerprint density at radius 3 is 2.76 bits per heavy atom. The predicted molar refractivity (Wildman–Crippen MR) is 77.6 cm³/mol. The van der Waals surface area contributed by atoms with Crippen LogP contribution < -0.4 is 16.4 Å². The molecule has 0 radical (unpaired) electrons. The van der Waals surface area contributed by atoms with Crippen LogP contribution in [0.3, 0.4) is 0 Å². The van der Waals surface area contributed by atoms with Gasteiger partial charge in [0.05, 0.1) is 11.7 Å². The molecular weight excluding hydrogens is 270 g/mol. The molecule has 7 nitrogen and oxygen atoms in total. The Balaban J connectivity index is 2.04. The number of para-hydroxylation sites is 1. The van der Waals surface area contributed by atoms with Crippen molar-refractivity contribution in [3.63, 3.8) is 0 Å². The molecule has 0 spiro atoms. The van der Waals surface area contributed by atoms with Crippen LogP contribution in [0.2, 0.25) is 0 Å². The molecular formula is C14H17N5O2. The minimum absolute atomic E-state index is 0.459. The lowest BCUT2D eigenvalue weighted by molar-refractivity contribution is -0.121. The second-order valence-corrected chi connectivity index (χ2v) is 4.54. The van der Waals surface area contributed by atoms with E-state index in [2.05, 4.69) is 10.4 Å². The van der Waals surface area contributed by atoms with Crippen molar-refractivity contribution in [2.45, 2.75) is 19.5 Å². The molecule has 1 heterocycles. The highest BCUT2D eigenvalue weighted by Gasteiger charge is 2.14. The summed E-state index contributed by atoms with van der Waals surface area (Å²) in [4.78, 5) is 22.2. The van der Waals surface area contributed by atoms with Crippen molar-refractivity contribution >= 4 is 11.9 Å². The number of nitrogens with one attached hydrogen (secondary N) is 2. The first-order chi connectivity index (χ1) is 10.1. The summed E-state index contributed by atoms with van der Waals surface area (Å²) in [5.74, 6) is -0.459. The van der Waals surface area contributed by atoms with Gasteiger partial charge in [-0.25, -0.2) is 9.48 Å². The summed E-state index contributed by atoms with van der Waals surface area (Å²) in [7, 11) is 0. The molecule has 1 atom stereocenters. The Morgan fingerprint density at radius 2 is 2.10 bits per heavy atom. The highest BCUT2D eigenvalue weighted by atomic mass is 16.2. The second kappa shape index (κ2) is 6.67. The van der Waals surface area contributed by atoms with Gasteiger partial charge in [0, 0.05) is 18.9 Å². The van der Waals surface area contributed by atoms with Gasteiger partial charge in [-0.15, -0.1) is 0 Å². The minimum atomic E-state index is -0.856. The first-order valence-electron chi connectivity index (χ1n) is 6.49. The van der Waals surface area contributed by atoms with Crippen LogP contribution in [0.15, 0.2) is 42.7 Å². The molecule has 0 fully saturated rings. The van der Waals surface area contributed by atoms with Gasteiger partial charge in [0.15, 0.2) is 0 Å². The third-order valence-electron chi connectivity index (χ3n) is 2.98. The summed E-state index contributed by atoms with van der Waals surface area (Å²) in [6.07, 6.45) is 3.55. The summed E-state index contributed by atoms with van der Waals surface area (Å²) in [5, 5.41) is 9.28. The van der Waals surface area contributed by atoms with Crippen molar-refractivity contribution in [1.82, 2.24) is 20.4 Å². The quantitative estimate of drug-likeness (QED) is 0.747. The maximum Gasteiger partial charge on any atom is 0.318 e. The SMILES string of the molecule is CC(NCc1ccccc1-n1cccn1)C(=O)NC(N)=O. The van der Waals surface area contributed by atoms with Gasteiger partial charge in [0.25, 0.3) is 0 Å². The molecule has 0 saturated heterocycles. The number of carbonyl (C=O) groups is 2. The number of nitrogens with zero attached hydrogens (tertiary/aromatic N) is 2. The van der Waals surface area contributed by atoms with Gasteiger partial charge in [0.2, 0.25) is 5.91 Å². The van der Waals surface area contributed by atoms with Crippen LogP contribution in [-0.2, 0) is 11.3 Å². The van der Waals surface area contributed by atoms with Crippen molar-refractivity contribution in [2.75, 3.05) is 0 Å². The number of amides is 3. The van der Waals surface area contributed by atoms with E-state index in [9.17, 15) is 9.59 Å². The molecule has 3 amide bonds. The lowest BCUT2D eigenvalue weighted by Gasteiger charge is -2.14. The zero-order valence-corrected chi connectivity index (χ0v) is 11.6. The fourth-order valence-electron chi connectivity index (χ4n) is 1.88. The summed E-state index contributed by atoms with van der Waals surface area (Å²) in [5.41, 5.74) is 6.83. The number of hydrogen-bond donors (Lipinski definition) is 3. The Hall–Kier alpha value is -2.67. The molecule has 1 aromatic carbocycles. The van der Waals surface area contributed by atoms with E-state index in [1.54, 1.807) is 17.8 Å². The molecule has 2 aromatic rings. The van der Waals surface area contributed by atoms with Crippen LogP contribution in [0.5, 0.6) is 0 Å². The third-order valence-corrected chi connectivity index (χ3v) is 2.98. The van der Waals surface area contributed by atoms with Crippen LogP contribution in [-0.4, -0.2) is 27.8 Å². The average molecular weight is 287 g/mol. The van der Waals surface area contributed by atoms with Crippen LogP contribution in [0.1, 0.15) is 12.5 Å². The Morgan fingerprint density at radius 1 is 1.33 bits per heavy atom. The molecule has 0 aliphatic heterocycles. The highest BCUT2D eigenvalue weighted by molar-refractivity contribution is 5.96. The first kappa shape index (κ1) is 14.7. The number of carbonyl (C=O) groups excluding carboxylic acids is 2. The van der Waals surface area contributed by atoms with Crippen LogP contribution in [0.4, 0.5) is 4.79 Å². The van der Waals surface area contributed by atoms with Gasteiger partial charge in [-0.2, -0.15) is 5.10 Å². The van der Waals surface area contributed by atoms with Gasteiger partial charge < -0.3 is 11.1 Å². The standard InChI is InChI=1S/C14H17N5O2/c1-10(13(20)18-14(15)21)16-9-11-5-2-3-6-12(11)19-8-4-7-17-19/h2-8,10,16H,9H2,1H3,(H3,15,18,20,21). The third kappa shape index (κ3) is 3.90. The van der Waals surface area contributed by atoms with Crippen LogP contribution in [0.25, 0.3) is 5.69 Å². The molecule has 21 heavy (non-hydrogen) atoms. The highest BCUT2D eigenvalue weighted by Crippen LogP contribution is 2.13. The van der Waals surface area contributed by atoms with E-state index < -0.39 is 18.0 Å². The summed E-state index contributed by atoms with van der Waals surface area (Å²) in [6, 6.07) is 8.17. The van der Waals surface area contributed by atoms with E-state index >= 15 is 0 Å². The Kier molecular flexibility index (Phi) is 4.68. The lowest BCUT2D eigenvalue weighted by Crippen LogP contribution is -2.46. The van der Waals surface area contributed by atoms with Gasteiger partial charge in [-0.3, -0.25) is 10.1 Å². The molecule has 0 aliphatic rings. The smallest absolute Gasteiger partial charge is 0.318 e. The lowest BCUT2D eigenvalue weighted by atomic mass is 10.1. The van der Waals surface area contributed by atoms with Gasteiger partial charge in [0.1, 0.15) is 0 Å². The average Bonchev–Trinajstić information content (AvgIpc) is 2.98. The van der Waals surface area contributed by atoms with E-state index in [1.807, 2.05) is 41.8 Å². The van der Waals surface area contributed by atoms with Gasteiger partial charge >= 0.3 is 6.03 Å². The Bertz CT molecular complexity index is 624.